The molecule has 13 heteroatoms. The Morgan fingerprint density at radius 2 is 1.56 bits per heavy atom. The summed E-state index contributed by atoms with van der Waals surface area (Å²) in [5, 5.41) is 2.58. The van der Waals surface area contributed by atoms with E-state index in [1.54, 1.807) is 0 Å². The Morgan fingerprint density at radius 3 is 2.16 bits per heavy atom. The Morgan fingerprint density at radius 1 is 0.911 bits per heavy atom. The van der Waals surface area contributed by atoms with Crippen molar-refractivity contribution in [2.75, 3.05) is 61.4 Å². The highest BCUT2D eigenvalue weighted by atomic mass is 19.4. The van der Waals surface area contributed by atoms with Gasteiger partial charge in [-0.2, -0.15) is 13.2 Å². The first-order valence-electron chi connectivity index (χ1n) is 15.2. The Bertz CT molecular complexity index is 1540. The summed E-state index contributed by atoms with van der Waals surface area (Å²) in [6, 6.07) is 5.44. The maximum atomic E-state index is 15.8. The van der Waals surface area contributed by atoms with Gasteiger partial charge in [0.2, 0.25) is 5.95 Å². The van der Waals surface area contributed by atoms with E-state index >= 15 is 4.39 Å². The number of hydrogen-bond donors (Lipinski definition) is 1. The third kappa shape index (κ3) is 6.60. The molecule has 2 unspecified atom stereocenters. The molecule has 1 aromatic heterocycles. The fraction of sp³-hybridized carbons (Fsp3) is 0.469. The van der Waals surface area contributed by atoms with Crippen molar-refractivity contribution in [1.82, 2.24) is 19.8 Å². The summed E-state index contributed by atoms with van der Waals surface area (Å²) >= 11 is 0. The number of alkyl halides is 3. The molecule has 0 spiro atoms. The zero-order valence-corrected chi connectivity index (χ0v) is 25.4. The normalized spacial score (nSPS) is 21.7. The predicted molar refractivity (Wildman–Crippen MR) is 162 cm³/mol. The maximum absolute atomic E-state index is 15.8. The second kappa shape index (κ2) is 12.2. The number of carbonyl (C=O) groups excluding carboxylic acids is 1. The van der Waals surface area contributed by atoms with Gasteiger partial charge in [-0.3, -0.25) is 14.6 Å². The zero-order valence-electron chi connectivity index (χ0n) is 25.4. The number of nitrogens with one attached hydrogen (secondary N) is 1. The van der Waals surface area contributed by atoms with Crippen LogP contribution in [0.5, 0.6) is 0 Å². The first-order valence-corrected chi connectivity index (χ1v) is 15.2. The van der Waals surface area contributed by atoms with Gasteiger partial charge in [0.05, 0.1) is 22.5 Å². The molecule has 1 N–H and O–H groups in total. The Hall–Kier alpha value is -3.84. The average molecular weight is 630 g/mol. The Labute approximate surface area is 258 Å². The van der Waals surface area contributed by atoms with Crippen LogP contribution in [0, 0.1) is 11.6 Å². The van der Waals surface area contributed by atoms with Gasteiger partial charge in [0.15, 0.2) is 0 Å². The van der Waals surface area contributed by atoms with E-state index in [2.05, 4.69) is 30.0 Å². The molecule has 240 valence electrons. The number of piperazine rings is 2. The minimum absolute atomic E-state index is 0.0843. The number of rotatable bonds is 6. The SMILES string of the molecule is CC1CN(c2cc(F)c(-c3cnc(N4CCN(C5CC5)CC4)nc3)cc2NC(=O)c2ccc(F)cc2C(F)(F)F)CC(C)N1C. The number of amides is 1. The predicted octanol–water partition coefficient (Wildman–Crippen LogP) is 5.51. The number of carbonyl (C=O) groups is 1. The van der Waals surface area contributed by atoms with E-state index in [1.807, 2.05) is 25.8 Å². The van der Waals surface area contributed by atoms with Gasteiger partial charge in [-0.25, -0.2) is 18.7 Å². The fourth-order valence-corrected chi connectivity index (χ4v) is 6.24. The van der Waals surface area contributed by atoms with Crippen molar-refractivity contribution in [1.29, 1.82) is 0 Å². The summed E-state index contributed by atoms with van der Waals surface area (Å²) in [6.07, 6.45) is 0.566. The largest absolute Gasteiger partial charge is 0.417 e. The van der Waals surface area contributed by atoms with Crippen molar-refractivity contribution in [3.63, 3.8) is 0 Å². The van der Waals surface area contributed by atoms with Crippen LogP contribution in [0.4, 0.5) is 39.3 Å². The molecule has 2 aromatic carbocycles. The van der Waals surface area contributed by atoms with Crippen LogP contribution in [-0.2, 0) is 6.18 Å². The number of likely N-dealkylation sites (N-methyl/N-ethyl adjacent to an activating group) is 1. The molecular weight excluding hydrogens is 593 g/mol. The zero-order chi connectivity index (χ0) is 32.0. The van der Waals surface area contributed by atoms with Crippen LogP contribution in [0.25, 0.3) is 11.1 Å². The van der Waals surface area contributed by atoms with Crippen molar-refractivity contribution in [2.45, 2.75) is 51.0 Å². The highest BCUT2D eigenvalue weighted by Gasteiger charge is 2.36. The first kappa shape index (κ1) is 31.2. The van der Waals surface area contributed by atoms with E-state index in [-0.39, 0.29) is 23.3 Å². The van der Waals surface area contributed by atoms with Crippen molar-refractivity contribution >= 4 is 23.2 Å². The van der Waals surface area contributed by atoms with Crippen LogP contribution in [-0.4, -0.2) is 90.1 Å². The van der Waals surface area contributed by atoms with Crippen LogP contribution in [0.2, 0.25) is 0 Å². The molecule has 45 heavy (non-hydrogen) atoms. The first-order chi connectivity index (χ1) is 21.4. The van der Waals surface area contributed by atoms with Crippen molar-refractivity contribution in [3.8, 4) is 11.1 Å². The van der Waals surface area contributed by atoms with Gasteiger partial charge < -0.3 is 15.1 Å². The number of anilines is 3. The number of nitrogens with zero attached hydrogens (tertiary/aromatic N) is 6. The quantitative estimate of drug-likeness (QED) is 0.361. The summed E-state index contributed by atoms with van der Waals surface area (Å²) < 4.78 is 70.9. The highest BCUT2D eigenvalue weighted by molar-refractivity contribution is 6.07. The molecular formula is C32H36F5N7O. The molecule has 1 saturated carbocycles. The molecule has 1 aliphatic carbocycles. The number of aromatic nitrogens is 2. The molecule has 0 bridgehead atoms. The van der Waals surface area contributed by atoms with Gasteiger partial charge in [0.25, 0.3) is 5.91 Å². The molecule has 3 aromatic rings. The molecule has 3 aliphatic rings. The molecule has 2 saturated heterocycles. The van der Waals surface area contributed by atoms with E-state index < -0.39 is 34.8 Å². The van der Waals surface area contributed by atoms with Crippen molar-refractivity contribution < 1.29 is 26.7 Å². The smallest absolute Gasteiger partial charge is 0.367 e. The fourth-order valence-electron chi connectivity index (χ4n) is 6.24. The number of benzene rings is 2. The highest BCUT2D eigenvalue weighted by Crippen LogP contribution is 2.38. The van der Waals surface area contributed by atoms with E-state index in [1.165, 1.54) is 37.4 Å². The Balaban J connectivity index is 1.32. The minimum Gasteiger partial charge on any atom is -0.367 e. The molecule has 2 atom stereocenters. The van der Waals surface area contributed by atoms with E-state index in [9.17, 15) is 22.4 Å². The van der Waals surface area contributed by atoms with Crippen molar-refractivity contribution in [2.24, 2.45) is 0 Å². The van der Waals surface area contributed by atoms with Gasteiger partial charge in [0, 0.05) is 80.9 Å². The summed E-state index contributed by atoms with van der Waals surface area (Å²) in [5.41, 5.74) is -1.24. The van der Waals surface area contributed by atoms with Crippen molar-refractivity contribution in [3.05, 3.63) is 65.5 Å². The summed E-state index contributed by atoms with van der Waals surface area (Å²) in [4.78, 5) is 31.0. The maximum Gasteiger partial charge on any atom is 0.417 e. The van der Waals surface area contributed by atoms with Gasteiger partial charge in [-0.1, -0.05) is 0 Å². The Kier molecular flexibility index (Phi) is 8.42. The standard InChI is InChI=1S/C32H36F5N7O/c1-19-17-44(18-20(2)41(19)3)29-14-27(34)25(13-28(29)40-30(45)24-7-4-22(33)12-26(24)32(35,36)37)21-15-38-31(39-16-21)43-10-8-42(9-11-43)23-5-6-23/h4,7,12-16,19-20,23H,5-6,8-11,17-18H2,1-3H3,(H,40,45). The van der Waals surface area contributed by atoms with Crippen LogP contribution in [0.3, 0.4) is 0 Å². The van der Waals surface area contributed by atoms with E-state index in [4.69, 9.17) is 0 Å². The van der Waals surface area contributed by atoms with E-state index in [0.717, 1.165) is 38.3 Å². The van der Waals surface area contributed by atoms with Gasteiger partial charge >= 0.3 is 6.18 Å². The molecule has 1 amide bonds. The summed E-state index contributed by atoms with van der Waals surface area (Å²) in [5.74, 6) is -2.25. The van der Waals surface area contributed by atoms with E-state index in [0.29, 0.717) is 42.4 Å². The lowest BCUT2D eigenvalue weighted by Crippen LogP contribution is -2.55. The molecule has 2 aliphatic heterocycles. The summed E-state index contributed by atoms with van der Waals surface area (Å²) in [7, 11) is 1.99. The third-order valence-electron chi connectivity index (χ3n) is 9.18. The molecule has 3 heterocycles. The number of halogens is 5. The van der Waals surface area contributed by atoms with Gasteiger partial charge in [-0.05, 0) is 64.1 Å². The van der Waals surface area contributed by atoms with Gasteiger partial charge in [-0.15, -0.1) is 0 Å². The lowest BCUT2D eigenvalue weighted by atomic mass is 10.0. The molecule has 0 radical (unpaired) electrons. The molecule has 3 fully saturated rings. The monoisotopic (exact) mass is 629 g/mol. The second-order valence-corrected chi connectivity index (χ2v) is 12.3. The van der Waals surface area contributed by atoms with Crippen LogP contribution >= 0.6 is 0 Å². The topological polar surface area (TPSA) is 67.8 Å². The molecule has 6 rings (SSSR count). The molecule has 8 nitrogen and oxygen atoms in total. The average Bonchev–Trinajstić information content (AvgIpc) is 3.86. The third-order valence-corrected chi connectivity index (χ3v) is 9.18. The van der Waals surface area contributed by atoms with Crippen LogP contribution in [0.1, 0.15) is 42.6 Å². The van der Waals surface area contributed by atoms with Gasteiger partial charge in [0.1, 0.15) is 11.6 Å². The second-order valence-electron chi connectivity index (χ2n) is 12.3. The summed E-state index contributed by atoms with van der Waals surface area (Å²) in [6.45, 7) is 8.48. The minimum atomic E-state index is -4.96. The van der Waals surface area contributed by atoms with Crippen LogP contribution in [0.15, 0.2) is 42.7 Å². The number of hydrogen-bond acceptors (Lipinski definition) is 7. The van der Waals surface area contributed by atoms with Crippen LogP contribution < -0.4 is 15.1 Å². The lowest BCUT2D eigenvalue weighted by Gasteiger charge is -2.44. The lowest BCUT2D eigenvalue weighted by molar-refractivity contribution is -0.138.